The molecule has 0 aliphatic heterocycles. The molecule has 8 nitrogen and oxygen atoms in total. The van der Waals surface area contributed by atoms with E-state index in [1.165, 1.54) is 4.57 Å². The maximum atomic E-state index is 12.4. The third-order valence-corrected chi connectivity index (χ3v) is 4.42. The lowest BCUT2D eigenvalue weighted by Gasteiger charge is -2.10. The lowest BCUT2D eigenvalue weighted by atomic mass is 10.1. The fourth-order valence-electron chi connectivity index (χ4n) is 3.04. The lowest BCUT2D eigenvalue weighted by molar-refractivity contribution is -0.122. The second kappa shape index (κ2) is 6.99. The number of para-hydroxylation sites is 3. The number of nitrogens with zero attached hydrogens (tertiary/aromatic N) is 2. The minimum absolute atomic E-state index is 0.119. The molecular weight excluding hydrogens is 360 g/mol. The van der Waals surface area contributed by atoms with Gasteiger partial charge in [-0.1, -0.05) is 30.3 Å². The van der Waals surface area contributed by atoms with E-state index in [0.29, 0.717) is 22.2 Å². The van der Waals surface area contributed by atoms with E-state index in [-0.39, 0.29) is 12.3 Å². The molecule has 0 saturated carbocycles. The number of hydrazine groups is 1. The van der Waals surface area contributed by atoms with Crippen molar-refractivity contribution in [1.29, 1.82) is 0 Å². The number of carbonyl (C=O) groups is 2. The molecule has 2 aromatic heterocycles. The van der Waals surface area contributed by atoms with Gasteiger partial charge in [0.15, 0.2) is 5.76 Å². The number of amides is 2. The second-order valence-corrected chi connectivity index (χ2v) is 6.23. The summed E-state index contributed by atoms with van der Waals surface area (Å²) in [5.74, 6) is -1.01. The van der Waals surface area contributed by atoms with E-state index in [0.717, 1.165) is 11.6 Å². The van der Waals surface area contributed by atoms with Gasteiger partial charge in [-0.3, -0.25) is 29.8 Å². The Kier molecular flexibility index (Phi) is 4.36. The lowest BCUT2D eigenvalue weighted by Crippen LogP contribution is -2.44. The van der Waals surface area contributed by atoms with Gasteiger partial charge >= 0.3 is 5.91 Å². The van der Waals surface area contributed by atoms with Gasteiger partial charge in [-0.15, -0.1) is 0 Å². The third kappa shape index (κ3) is 3.11. The van der Waals surface area contributed by atoms with E-state index in [2.05, 4.69) is 15.8 Å². The Morgan fingerprint density at radius 1 is 1.07 bits per heavy atom. The number of aromatic nitrogens is 2. The van der Waals surface area contributed by atoms with E-state index >= 15 is 0 Å². The predicted molar refractivity (Wildman–Crippen MR) is 103 cm³/mol. The molecule has 0 aliphatic carbocycles. The van der Waals surface area contributed by atoms with Crippen molar-refractivity contribution in [2.45, 2.75) is 13.5 Å². The number of hydrogen-bond donors (Lipinski definition) is 2. The molecule has 0 radical (unpaired) electrons. The summed E-state index contributed by atoms with van der Waals surface area (Å²) in [4.78, 5) is 40.8. The summed E-state index contributed by atoms with van der Waals surface area (Å²) < 4.78 is 6.85. The van der Waals surface area contributed by atoms with E-state index in [4.69, 9.17) is 4.42 Å². The van der Waals surface area contributed by atoms with Gasteiger partial charge in [-0.2, -0.15) is 0 Å². The van der Waals surface area contributed by atoms with Crippen molar-refractivity contribution >= 4 is 33.8 Å². The highest BCUT2D eigenvalue weighted by Crippen LogP contribution is 2.24. The summed E-state index contributed by atoms with van der Waals surface area (Å²) in [6.07, 6.45) is 1.16. The van der Waals surface area contributed by atoms with Crippen LogP contribution in [0.2, 0.25) is 0 Å². The molecule has 28 heavy (non-hydrogen) atoms. The fraction of sp³-hybridized carbons (Fsp3) is 0.100. The number of carbonyl (C=O) groups excluding carboxylic acids is 2. The number of fused-ring (bicyclic) bond motifs is 2. The molecule has 0 unspecified atom stereocenters. The van der Waals surface area contributed by atoms with Gasteiger partial charge in [0, 0.05) is 10.9 Å². The van der Waals surface area contributed by atoms with Crippen LogP contribution in [-0.4, -0.2) is 21.4 Å². The largest absolute Gasteiger partial charge is 0.451 e. The molecule has 0 aliphatic rings. The van der Waals surface area contributed by atoms with Crippen molar-refractivity contribution in [2.24, 2.45) is 0 Å². The summed E-state index contributed by atoms with van der Waals surface area (Å²) in [6.45, 7) is 1.51. The normalized spacial score (nSPS) is 10.9. The van der Waals surface area contributed by atoms with Gasteiger partial charge in [0.1, 0.15) is 12.1 Å². The second-order valence-electron chi connectivity index (χ2n) is 6.23. The Morgan fingerprint density at radius 2 is 1.82 bits per heavy atom. The SMILES string of the molecule is Cc1c(C(=O)NNC(=O)Cn2c(=O)cnc3ccccc32)oc2ccccc12. The van der Waals surface area contributed by atoms with Gasteiger partial charge in [0.25, 0.3) is 11.5 Å². The van der Waals surface area contributed by atoms with Crippen LogP contribution in [0.3, 0.4) is 0 Å². The van der Waals surface area contributed by atoms with Crippen LogP contribution < -0.4 is 16.4 Å². The highest BCUT2D eigenvalue weighted by atomic mass is 16.3. The predicted octanol–water partition coefficient (Wildman–Crippen LogP) is 1.91. The van der Waals surface area contributed by atoms with Crippen molar-refractivity contribution in [1.82, 2.24) is 20.4 Å². The van der Waals surface area contributed by atoms with E-state index < -0.39 is 17.4 Å². The zero-order valence-electron chi connectivity index (χ0n) is 14.9. The standard InChI is InChI=1S/C20H16N4O4/c1-12-13-6-2-5-9-16(13)28-19(12)20(27)23-22-17(25)11-24-15-8-4-3-7-14(15)21-10-18(24)26/h2-10H,11H2,1H3,(H,22,25)(H,23,27). The average Bonchev–Trinajstić information content (AvgIpc) is 3.05. The summed E-state index contributed by atoms with van der Waals surface area (Å²) in [7, 11) is 0. The molecule has 8 heteroatoms. The van der Waals surface area contributed by atoms with Crippen LogP contribution in [0, 0.1) is 6.92 Å². The number of nitrogens with one attached hydrogen (secondary N) is 2. The molecular formula is C20H16N4O4. The fourth-order valence-corrected chi connectivity index (χ4v) is 3.04. The van der Waals surface area contributed by atoms with Crippen LogP contribution in [0.5, 0.6) is 0 Å². The molecule has 2 aromatic carbocycles. The molecule has 0 fully saturated rings. The monoisotopic (exact) mass is 376 g/mol. The van der Waals surface area contributed by atoms with E-state index in [1.807, 2.05) is 18.2 Å². The molecule has 4 rings (SSSR count). The first-order chi connectivity index (χ1) is 13.5. The molecule has 4 aromatic rings. The Hall–Kier alpha value is -3.94. The Labute approximate surface area is 158 Å². The quantitative estimate of drug-likeness (QED) is 0.531. The summed E-state index contributed by atoms with van der Waals surface area (Å²) >= 11 is 0. The first-order valence-corrected chi connectivity index (χ1v) is 8.56. The van der Waals surface area contributed by atoms with Crippen LogP contribution in [0.4, 0.5) is 0 Å². The number of benzene rings is 2. The van der Waals surface area contributed by atoms with E-state index in [9.17, 15) is 14.4 Å². The van der Waals surface area contributed by atoms with Crippen molar-refractivity contribution in [3.63, 3.8) is 0 Å². The summed E-state index contributed by atoms with van der Waals surface area (Å²) in [5.41, 5.74) is 6.63. The first-order valence-electron chi connectivity index (χ1n) is 8.56. The van der Waals surface area contributed by atoms with E-state index in [1.54, 1.807) is 37.3 Å². The van der Waals surface area contributed by atoms with Crippen LogP contribution in [0.1, 0.15) is 16.1 Å². The maximum absolute atomic E-state index is 12.4. The molecule has 2 amide bonds. The Balaban J connectivity index is 1.49. The zero-order valence-corrected chi connectivity index (χ0v) is 14.9. The van der Waals surface area contributed by atoms with Crippen molar-refractivity contribution in [3.05, 3.63) is 76.4 Å². The number of hydrogen-bond acceptors (Lipinski definition) is 5. The number of furan rings is 1. The Morgan fingerprint density at radius 3 is 2.64 bits per heavy atom. The Bertz CT molecular complexity index is 1270. The summed E-state index contributed by atoms with van der Waals surface area (Å²) in [5, 5.41) is 0.828. The smallest absolute Gasteiger partial charge is 0.305 e. The van der Waals surface area contributed by atoms with Gasteiger partial charge in [0.05, 0.1) is 17.2 Å². The maximum Gasteiger partial charge on any atom is 0.305 e. The average molecular weight is 376 g/mol. The van der Waals surface area contributed by atoms with Crippen LogP contribution in [-0.2, 0) is 11.3 Å². The van der Waals surface area contributed by atoms with Gasteiger partial charge in [0.2, 0.25) is 0 Å². The van der Waals surface area contributed by atoms with Crippen LogP contribution in [0.15, 0.2) is 63.9 Å². The molecule has 0 spiro atoms. The minimum atomic E-state index is -0.575. The van der Waals surface area contributed by atoms with Crippen molar-refractivity contribution in [3.8, 4) is 0 Å². The number of aryl methyl sites for hydroxylation is 1. The molecule has 2 N–H and O–H groups in total. The molecule has 0 bridgehead atoms. The molecule has 140 valence electrons. The molecule has 2 heterocycles. The highest BCUT2D eigenvalue weighted by Gasteiger charge is 2.18. The number of rotatable bonds is 3. The van der Waals surface area contributed by atoms with Crippen LogP contribution in [0.25, 0.3) is 22.0 Å². The highest BCUT2D eigenvalue weighted by molar-refractivity contribution is 5.99. The van der Waals surface area contributed by atoms with Gasteiger partial charge in [-0.05, 0) is 25.1 Å². The van der Waals surface area contributed by atoms with Gasteiger partial charge in [-0.25, -0.2) is 4.98 Å². The van der Waals surface area contributed by atoms with Crippen LogP contribution >= 0.6 is 0 Å². The van der Waals surface area contributed by atoms with Gasteiger partial charge < -0.3 is 4.42 Å². The van der Waals surface area contributed by atoms with Crippen molar-refractivity contribution < 1.29 is 14.0 Å². The zero-order chi connectivity index (χ0) is 19.7. The first kappa shape index (κ1) is 17.5. The minimum Gasteiger partial charge on any atom is -0.451 e. The topological polar surface area (TPSA) is 106 Å². The molecule has 0 saturated heterocycles. The summed E-state index contributed by atoms with van der Waals surface area (Å²) in [6, 6.07) is 14.3. The van der Waals surface area contributed by atoms with Crippen molar-refractivity contribution in [2.75, 3.05) is 0 Å². The third-order valence-electron chi connectivity index (χ3n) is 4.42. The molecule has 0 atom stereocenters.